The summed E-state index contributed by atoms with van der Waals surface area (Å²) >= 11 is 0. The molecule has 0 aliphatic carbocycles. The number of methoxy groups -OCH3 is 1. The first-order valence-corrected chi connectivity index (χ1v) is 7.78. The van der Waals surface area contributed by atoms with Crippen molar-refractivity contribution in [2.24, 2.45) is 7.05 Å². The Bertz CT molecular complexity index is 671. The number of aromatic nitrogens is 2. The van der Waals surface area contributed by atoms with Crippen LogP contribution in [0.25, 0.3) is 0 Å². The average Bonchev–Trinajstić information content (AvgIpc) is 3.01. The largest absolute Gasteiger partial charge is 0.465 e. The third-order valence-electron chi connectivity index (χ3n) is 4.27. The predicted molar refractivity (Wildman–Crippen MR) is 94.3 cm³/mol. The van der Waals surface area contributed by atoms with Gasteiger partial charge in [-0.2, -0.15) is 0 Å². The van der Waals surface area contributed by atoms with Crippen LogP contribution in [-0.4, -0.2) is 47.2 Å². The second-order valence-electron chi connectivity index (χ2n) is 5.78. The summed E-state index contributed by atoms with van der Waals surface area (Å²) in [6, 6.07) is 7.87. The zero-order chi connectivity index (χ0) is 16.2. The summed E-state index contributed by atoms with van der Waals surface area (Å²) in [6.45, 7) is 3.67. The lowest BCUT2D eigenvalue weighted by Crippen LogP contribution is -2.46. The number of carbonyl (C=O) groups is 1. The number of ether oxygens (including phenoxy) is 1. The van der Waals surface area contributed by atoms with Gasteiger partial charge in [0.1, 0.15) is 5.82 Å². The lowest BCUT2D eigenvalue weighted by atomic mass is 10.1. The highest BCUT2D eigenvalue weighted by atomic mass is 35.5. The third-order valence-corrected chi connectivity index (χ3v) is 4.27. The van der Waals surface area contributed by atoms with E-state index >= 15 is 0 Å². The van der Waals surface area contributed by atoms with Crippen molar-refractivity contribution in [1.82, 2.24) is 19.8 Å². The minimum absolute atomic E-state index is 0. The van der Waals surface area contributed by atoms with Crippen LogP contribution in [-0.2, 0) is 18.3 Å². The fraction of sp³-hybridized carbons (Fsp3) is 0.412. The summed E-state index contributed by atoms with van der Waals surface area (Å²) in [5.74, 6) is 0.771. The molecule has 0 bridgehead atoms. The molecule has 1 atom stereocenters. The quantitative estimate of drug-likeness (QED) is 0.852. The van der Waals surface area contributed by atoms with Crippen LogP contribution in [0.4, 0.5) is 0 Å². The molecule has 6 nitrogen and oxygen atoms in total. The van der Waals surface area contributed by atoms with E-state index < -0.39 is 0 Å². The molecule has 1 fully saturated rings. The molecular formula is C17H23ClN4O2. The van der Waals surface area contributed by atoms with E-state index in [2.05, 4.69) is 19.8 Å². The van der Waals surface area contributed by atoms with Crippen molar-refractivity contribution in [2.45, 2.75) is 12.6 Å². The molecule has 130 valence electrons. The molecule has 2 aromatic rings. The SMILES string of the molecule is COC(=O)c1ccc(CN2CCNCC2c2nccn2C)cc1.Cl. The van der Waals surface area contributed by atoms with Gasteiger partial charge in [0.15, 0.2) is 0 Å². The number of nitrogens with zero attached hydrogens (tertiary/aromatic N) is 3. The lowest BCUT2D eigenvalue weighted by molar-refractivity contribution is 0.0600. The van der Waals surface area contributed by atoms with Gasteiger partial charge in [-0.1, -0.05) is 12.1 Å². The van der Waals surface area contributed by atoms with Gasteiger partial charge in [-0.3, -0.25) is 4.90 Å². The molecule has 1 N–H and O–H groups in total. The molecule has 3 rings (SSSR count). The number of imidazole rings is 1. The Morgan fingerprint density at radius 3 is 2.75 bits per heavy atom. The Hall–Kier alpha value is -1.89. The maximum absolute atomic E-state index is 11.5. The number of aryl methyl sites for hydroxylation is 1. The van der Waals surface area contributed by atoms with Gasteiger partial charge in [-0.05, 0) is 17.7 Å². The van der Waals surface area contributed by atoms with Crippen LogP contribution in [0.5, 0.6) is 0 Å². The molecule has 1 aliphatic rings. The lowest BCUT2D eigenvalue weighted by Gasteiger charge is -2.35. The Morgan fingerprint density at radius 2 is 2.12 bits per heavy atom. The number of esters is 1. The molecule has 0 radical (unpaired) electrons. The van der Waals surface area contributed by atoms with Gasteiger partial charge in [-0.15, -0.1) is 12.4 Å². The van der Waals surface area contributed by atoms with Crippen LogP contribution < -0.4 is 5.32 Å². The second-order valence-corrected chi connectivity index (χ2v) is 5.78. The van der Waals surface area contributed by atoms with Gasteiger partial charge < -0.3 is 14.6 Å². The summed E-state index contributed by atoms with van der Waals surface area (Å²) in [7, 11) is 3.43. The van der Waals surface area contributed by atoms with Crippen molar-refractivity contribution in [1.29, 1.82) is 0 Å². The molecular weight excluding hydrogens is 328 g/mol. The average molecular weight is 351 g/mol. The molecule has 1 saturated heterocycles. The molecule has 24 heavy (non-hydrogen) atoms. The van der Waals surface area contributed by atoms with E-state index in [9.17, 15) is 4.79 Å². The highest BCUT2D eigenvalue weighted by molar-refractivity contribution is 5.89. The van der Waals surface area contributed by atoms with Crippen LogP contribution in [0.1, 0.15) is 27.8 Å². The van der Waals surface area contributed by atoms with Gasteiger partial charge in [0.2, 0.25) is 0 Å². The molecule has 2 heterocycles. The fourth-order valence-electron chi connectivity index (χ4n) is 2.99. The van der Waals surface area contributed by atoms with E-state index in [1.807, 2.05) is 43.7 Å². The molecule has 1 aromatic carbocycles. The summed E-state index contributed by atoms with van der Waals surface area (Å²) in [4.78, 5) is 18.4. The minimum atomic E-state index is -0.301. The zero-order valence-corrected chi connectivity index (χ0v) is 14.8. The summed E-state index contributed by atoms with van der Waals surface area (Å²) in [5.41, 5.74) is 1.76. The van der Waals surface area contributed by atoms with Gasteiger partial charge >= 0.3 is 5.97 Å². The fourth-order valence-corrected chi connectivity index (χ4v) is 2.99. The van der Waals surface area contributed by atoms with Crippen molar-refractivity contribution >= 4 is 18.4 Å². The number of hydrogen-bond donors (Lipinski definition) is 1. The predicted octanol–water partition coefficient (Wildman–Crippen LogP) is 1.77. The van der Waals surface area contributed by atoms with E-state index in [-0.39, 0.29) is 24.4 Å². The zero-order valence-electron chi connectivity index (χ0n) is 13.9. The van der Waals surface area contributed by atoms with Crippen LogP contribution in [0.15, 0.2) is 36.7 Å². The first kappa shape index (κ1) is 18.4. The molecule has 0 saturated carbocycles. The van der Waals surface area contributed by atoms with E-state index in [1.54, 1.807) is 0 Å². The Balaban J connectivity index is 0.00000208. The summed E-state index contributed by atoms with van der Waals surface area (Å²) < 4.78 is 6.81. The third kappa shape index (κ3) is 3.95. The number of halogens is 1. The molecule has 1 unspecified atom stereocenters. The van der Waals surface area contributed by atoms with Crippen LogP contribution >= 0.6 is 12.4 Å². The number of benzene rings is 1. The monoisotopic (exact) mass is 350 g/mol. The highest BCUT2D eigenvalue weighted by Gasteiger charge is 2.26. The van der Waals surface area contributed by atoms with Crippen molar-refractivity contribution in [3.8, 4) is 0 Å². The first-order chi connectivity index (χ1) is 11.2. The standard InChI is InChI=1S/C17H22N4O2.ClH/c1-20-9-8-19-16(20)15-11-18-7-10-21(15)12-13-3-5-14(6-4-13)17(22)23-2;/h3-6,8-9,15,18H,7,10-12H2,1-2H3;1H. The Morgan fingerprint density at radius 1 is 1.38 bits per heavy atom. The number of carbonyl (C=O) groups excluding carboxylic acids is 1. The van der Waals surface area contributed by atoms with Crippen molar-refractivity contribution in [2.75, 3.05) is 26.7 Å². The van der Waals surface area contributed by atoms with Gasteiger partial charge in [0, 0.05) is 45.6 Å². The number of nitrogens with one attached hydrogen (secondary N) is 1. The van der Waals surface area contributed by atoms with Crippen molar-refractivity contribution in [3.05, 3.63) is 53.6 Å². The maximum Gasteiger partial charge on any atom is 0.337 e. The van der Waals surface area contributed by atoms with Crippen LogP contribution in [0.3, 0.4) is 0 Å². The Kier molecular flexibility index (Phi) is 6.36. The molecule has 7 heteroatoms. The van der Waals surface area contributed by atoms with E-state index in [0.717, 1.165) is 32.0 Å². The van der Waals surface area contributed by atoms with Gasteiger partial charge in [0.25, 0.3) is 0 Å². The summed E-state index contributed by atoms with van der Waals surface area (Å²) in [6.07, 6.45) is 3.82. The molecule has 0 amide bonds. The minimum Gasteiger partial charge on any atom is -0.465 e. The van der Waals surface area contributed by atoms with E-state index in [0.29, 0.717) is 5.56 Å². The van der Waals surface area contributed by atoms with Crippen molar-refractivity contribution in [3.63, 3.8) is 0 Å². The van der Waals surface area contributed by atoms with Crippen LogP contribution in [0, 0.1) is 0 Å². The number of piperazine rings is 1. The Labute approximate surface area is 148 Å². The van der Waals surface area contributed by atoms with E-state index in [1.165, 1.54) is 12.7 Å². The van der Waals surface area contributed by atoms with E-state index in [4.69, 9.17) is 4.74 Å². The molecule has 0 spiro atoms. The number of hydrogen-bond acceptors (Lipinski definition) is 5. The smallest absolute Gasteiger partial charge is 0.337 e. The molecule has 1 aromatic heterocycles. The molecule has 1 aliphatic heterocycles. The van der Waals surface area contributed by atoms with Gasteiger partial charge in [-0.25, -0.2) is 9.78 Å². The van der Waals surface area contributed by atoms with Gasteiger partial charge in [0.05, 0.1) is 18.7 Å². The highest BCUT2D eigenvalue weighted by Crippen LogP contribution is 2.22. The van der Waals surface area contributed by atoms with Crippen molar-refractivity contribution < 1.29 is 9.53 Å². The second kappa shape index (κ2) is 8.28. The first-order valence-electron chi connectivity index (χ1n) is 7.78. The van der Waals surface area contributed by atoms with Crippen LogP contribution in [0.2, 0.25) is 0 Å². The normalized spacial score (nSPS) is 18.0. The summed E-state index contributed by atoms with van der Waals surface area (Å²) in [5, 5.41) is 3.44. The number of rotatable bonds is 4. The topological polar surface area (TPSA) is 59.4 Å². The maximum atomic E-state index is 11.5.